The Morgan fingerprint density at radius 2 is 1.60 bits per heavy atom. The molecule has 0 heterocycles. The van der Waals surface area contributed by atoms with Crippen molar-refractivity contribution in [1.82, 2.24) is 0 Å². The van der Waals surface area contributed by atoms with Gasteiger partial charge in [-0.3, -0.25) is 4.89 Å². The van der Waals surface area contributed by atoms with Crippen molar-refractivity contribution in [3.8, 4) is 0 Å². The van der Waals surface area contributed by atoms with Gasteiger partial charge in [-0.25, -0.2) is 4.79 Å². The summed E-state index contributed by atoms with van der Waals surface area (Å²) in [7, 11) is 0. The summed E-state index contributed by atoms with van der Waals surface area (Å²) < 4.78 is 0. The fourth-order valence-electron chi connectivity index (χ4n) is 1.38. The first-order chi connectivity index (χ1) is 9.04. The van der Waals surface area contributed by atoms with E-state index in [-0.39, 0.29) is 11.9 Å². The Morgan fingerprint density at radius 1 is 1.00 bits per heavy atom. The molecule has 0 radical (unpaired) electrons. The molecule has 0 aromatic carbocycles. The van der Waals surface area contributed by atoms with Gasteiger partial charge in [-0.15, -0.1) is 0 Å². The van der Waals surface area contributed by atoms with Crippen LogP contribution < -0.4 is 0 Å². The second kappa shape index (κ2) is 8.63. The summed E-state index contributed by atoms with van der Waals surface area (Å²) >= 11 is 0. The van der Waals surface area contributed by atoms with Gasteiger partial charge in [0.25, 0.3) is 0 Å². The van der Waals surface area contributed by atoms with Gasteiger partial charge in [-0.1, -0.05) is 47.5 Å². The lowest BCUT2D eigenvalue weighted by Crippen LogP contribution is -2.31. The van der Waals surface area contributed by atoms with E-state index >= 15 is 0 Å². The number of carbonyl (C=O) groups excluding carboxylic acids is 1. The van der Waals surface area contributed by atoms with Crippen molar-refractivity contribution in [2.75, 3.05) is 0 Å². The van der Waals surface area contributed by atoms with Crippen LogP contribution >= 0.6 is 0 Å². The summed E-state index contributed by atoms with van der Waals surface area (Å²) in [5, 5.41) is 4.58. The van der Waals surface area contributed by atoms with Crippen LogP contribution in [0.1, 0.15) is 80.6 Å². The van der Waals surface area contributed by atoms with Gasteiger partial charge in [0.15, 0.2) is 0 Å². The molecule has 0 atom stereocenters. The minimum absolute atomic E-state index is 0.263. The topological polar surface area (TPSA) is 44.8 Å². The average Bonchev–Trinajstić information content (AvgIpc) is 2.26. The van der Waals surface area contributed by atoms with E-state index in [0.29, 0.717) is 11.8 Å². The second-order valence-corrected chi connectivity index (χ2v) is 7.49. The summed E-state index contributed by atoms with van der Waals surface area (Å²) in [6.07, 6.45) is 4.53. The van der Waals surface area contributed by atoms with Gasteiger partial charge in [-0.05, 0) is 43.1 Å². The minimum Gasteiger partial charge on any atom is -0.269 e. The molecular formula is C16H32O4. The van der Waals surface area contributed by atoms with Crippen molar-refractivity contribution in [3.05, 3.63) is 0 Å². The van der Waals surface area contributed by atoms with Crippen molar-refractivity contribution in [3.63, 3.8) is 0 Å². The molecule has 0 saturated heterocycles. The van der Waals surface area contributed by atoms with Crippen LogP contribution in [0.25, 0.3) is 0 Å². The van der Waals surface area contributed by atoms with Gasteiger partial charge in [-0.2, -0.15) is 4.89 Å². The average molecular weight is 288 g/mol. The van der Waals surface area contributed by atoms with Crippen LogP contribution in [0, 0.1) is 11.3 Å². The van der Waals surface area contributed by atoms with Gasteiger partial charge in [0.1, 0.15) is 5.60 Å². The molecule has 0 aliphatic rings. The summed E-state index contributed by atoms with van der Waals surface area (Å²) in [5.74, 6) is -0.112. The molecule has 0 spiro atoms. The molecule has 0 unspecified atom stereocenters. The summed E-state index contributed by atoms with van der Waals surface area (Å²) in [6.45, 7) is 14.5. The third-order valence-corrected chi connectivity index (χ3v) is 3.57. The van der Waals surface area contributed by atoms with Crippen LogP contribution in [-0.2, 0) is 19.6 Å². The zero-order valence-corrected chi connectivity index (χ0v) is 14.2. The predicted molar refractivity (Wildman–Crippen MR) is 79.7 cm³/mol. The van der Waals surface area contributed by atoms with Crippen molar-refractivity contribution >= 4 is 5.97 Å². The lowest BCUT2D eigenvalue weighted by Gasteiger charge is -2.25. The maximum atomic E-state index is 11.4. The number of carbonyl (C=O) groups is 1. The molecular weight excluding hydrogens is 256 g/mol. The van der Waals surface area contributed by atoms with Crippen LogP contribution in [0.2, 0.25) is 0 Å². The molecule has 0 saturated carbocycles. The van der Waals surface area contributed by atoms with E-state index in [9.17, 15) is 4.79 Å². The SMILES string of the molecule is CC(C)C(C)(C)OOOC(=O)CCCCCC(C)(C)C. The zero-order valence-electron chi connectivity index (χ0n) is 14.2. The standard InChI is InChI=1S/C16H32O4/c1-13(2)16(6,7)19-20-18-14(17)11-9-8-10-12-15(3,4)5/h13H,8-12H2,1-7H3. The lowest BCUT2D eigenvalue weighted by atomic mass is 9.89. The van der Waals surface area contributed by atoms with Gasteiger partial charge in [0.2, 0.25) is 0 Å². The monoisotopic (exact) mass is 288 g/mol. The Bertz CT molecular complexity index is 277. The van der Waals surface area contributed by atoms with Crippen LogP contribution in [-0.4, -0.2) is 11.6 Å². The first kappa shape index (κ1) is 19.4. The Balaban J connectivity index is 3.61. The van der Waals surface area contributed by atoms with E-state index in [1.807, 2.05) is 27.7 Å². The van der Waals surface area contributed by atoms with Crippen LogP contribution in [0.5, 0.6) is 0 Å². The van der Waals surface area contributed by atoms with Crippen molar-refractivity contribution < 1.29 is 19.6 Å². The Labute approximate surface area is 124 Å². The van der Waals surface area contributed by atoms with Crippen LogP contribution in [0.15, 0.2) is 0 Å². The highest BCUT2D eigenvalue weighted by atomic mass is 17.5. The highest BCUT2D eigenvalue weighted by Gasteiger charge is 2.25. The van der Waals surface area contributed by atoms with E-state index in [1.54, 1.807) is 0 Å². The molecule has 0 rings (SSSR count). The highest BCUT2D eigenvalue weighted by Crippen LogP contribution is 2.22. The largest absolute Gasteiger partial charge is 0.345 e. The normalized spacial score (nSPS) is 12.8. The van der Waals surface area contributed by atoms with Crippen LogP contribution in [0.3, 0.4) is 0 Å². The molecule has 20 heavy (non-hydrogen) atoms. The number of hydrogen-bond donors (Lipinski definition) is 0. The first-order valence-corrected chi connectivity index (χ1v) is 7.60. The smallest absolute Gasteiger partial charge is 0.269 e. The van der Waals surface area contributed by atoms with Crippen molar-refractivity contribution in [2.45, 2.75) is 86.2 Å². The Hall–Kier alpha value is -0.610. The highest BCUT2D eigenvalue weighted by molar-refractivity contribution is 5.68. The Kier molecular flexibility index (Phi) is 8.36. The van der Waals surface area contributed by atoms with Crippen molar-refractivity contribution in [2.24, 2.45) is 11.3 Å². The summed E-state index contributed by atoms with van der Waals surface area (Å²) in [4.78, 5) is 21.1. The van der Waals surface area contributed by atoms with Gasteiger partial charge >= 0.3 is 5.97 Å². The fourth-order valence-corrected chi connectivity index (χ4v) is 1.38. The first-order valence-electron chi connectivity index (χ1n) is 7.60. The molecule has 4 heteroatoms. The maximum absolute atomic E-state index is 11.4. The number of hydrogen-bond acceptors (Lipinski definition) is 4. The van der Waals surface area contributed by atoms with Crippen LogP contribution in [0.4, 0.5) is 0 Å². The molecule has 0 amide bonds. The predicted octanol–water partition coefficient (Wildman–Crippen LogP) is 4.82. The minimum atomic E-state index is -0.479. The third-order valence-electron chi connectivity index (χ3n) is 3.57. The van der Waals surface area contributed by atoms with Crippen molar-refractivity contribution in [1.29, 1.82) is 0 Å². The number of unbranched alkanes of at least 4 members (excludes halogenated alkanes) is 2. The molecule has 120 valence electrons. The molecule has 0 bridgehead atoms. The lowest BCUT2D eigenvalue weighted by molar-refractivity contribution is -0.520. The quantitative estimate of drug-likeness (QED) is 0.346. The van der Waals surface area contributed by atoms with E-state index in [1.165, 1.54) is 6.42 Å². The molecule has 0 N–H and O–H groups in total. The summed E-state index contributed by atoms with van der Waals surface area (Å²) in [5.41, 5.74) is -0.118. The third kappa shape index (κ3) is 10.2. The van der Waals surface area contributed by atoms with Gasteiger partial charge < -0.3 is 0 Å². The van der Waals surface area contributed by atoms with Gasteiger partial charge in [0.05, 0.1) is 0 Å². The fraction of sp³-hybridized carbons (Fsp3) is 0.938. The second-order valence-electron chi connectivity index (χ2n) is 7.49. The molecule has 0 aromatic heterocycles. The van der Waals surface area contributed by atoms with E-state index in [2.05, 4.69) is 30.7 Å². The van der Waals surface area contributed by atoms with E-state index < -0.39 is 5.60 Å². The molecule has 0 aromatic rings. The number of rotatable bonds is 9. The molecule has 0 aliphatic heterocycles. The van der Waals surface area contributed by atoms with E-state index in [0.717, 1.165) is 19.3 Å². The van der Waals surface area contributed by atoms with Gasteiger partial charge in [0, 0.05) is 6.42 Å². The maximum Gasteiger partial charge on any atom is 0.345 e. The molecule has 0 aliphatic carbocycles. The molecule has 0 fully saturated rings. The molecule has 4 nitrogen and oxygen atoms in total. The summed E-state index contributed by atoms with van der Waals surface area (Å²) in [6, 6.07) is 0. The zero-order chi connectivity index (χ0) is 15.8. The Morgan fingerprint density at radius 3 is 2.10 bits per heavy atom. The van der Waals surface area contributed by atoms with E-state index in [4.69, 9.17) is 4.89 Å².